The second-order valence-electron chi connectivity index (χ2n) is 5.61. The molecule has 0 saturated heterocycles. The molecule has 0 unspecified atom stereocenters. The van der Waals surface area contributed by atoms with Crippen LogP contribution in [0.3, 0.4) is 0 Å². The summed E-state index contributed by atoms with van der Waals surface area (Å²) in [5, 5.41) is 13.7. The average molecular weight is 329 g/mol. The monoisotopic (exact) mass is 329 g/mol. The van der Waals surface area contributed by atoms with E-state index in [4.69, 9.17) is 0 Å². The number of imidazole rings is 1. The maximum Gasteiger partial charge on any atom is 0.162 e. The molecule has 0 radical (unpaired) electrons. The summed E-state index contributed by atoms with van der Waals surface area (Å²) >= 11 is 0. The fraction of sp³-hybridized carbons (Fsp3) is 0.0526. The van der Waals surface area contributed by atoms with Crippen molar-refractivity contribution < 1.29 is 4.39 Å². The van der Waals surface area contributed by atoms with Crippen LogP contribution in [0, 0.1) is 24.1 Å². The lowest BCUT2D eigenvalue weighted by Gasteiger charge is -2.09. The van der Waals surface area contributed by atoms with Crippen molar-refractivity contribution >= 4 is 5.65 Å². The highest BCUT2D eigenvalue weighted by atomic mass is 19.1. The summed E-state index contributed by atoms with van der Waals surface area (Å²) in [6.07, 6.45) is 3.17. The Balaban J connectivity index is 1.92. The standard InChI is InChI=1S/C19H12FN5/c1-12-9-13(4-5-16(12)20)19-15(3-2-8-22-19)17-6-7-18-23-11-14(10-21)25(18)24-17/h2-9,11H,1H3. The summed E-state index contributed by atoms with van der Waals surface area (Å²) in [5.74, 6) is -0.252. The minimum Gasteiger partial charge on any atom is -0.256 e. The third kappa shape index (κ3) is 2.52. The van der Waals surface area contributed by atoms with Crippen LogP contribution < -0.4 is 0 Å². The molecule has 0 aliphatic heterocycles. The normalized spacial score (nSPS) is 10.8. The zero-order chi connectivity index (χ0) is 17.4. The van der Waals surface area contributed by atoms with Gasteiger partial charge < -0.3 is 0 Å². The molecular formula is C19H12FN5. The van der Waals surface area contributed by atoms with Crippen LogP contribution in [0.5, 0.6) is 0 Å². The maximum absolute atomic E-state index is 13.6. The van der Waals surface area contributed by atoms with Crippen molar-refractivity contribution in [3.05, 3.63) is 71.9 Å². The van der Waals surface area contributed by atoms with Gasteiger partial charge in [0.2, 0.25) is 0 Å². The number of fused-ring (bicyclic) bond motifs is 1. The Morgan fingerprint density at radius 2 is 2.00 bits per heavy atom. The van der Waals surface area contributed by atoms with Crippen molar-refractivity contribution in [3.8, 4) is 28.6 Å². The molecule has 0 bridgehead atoms. The first-order chi connectivity index (χ1) is 12.2. The van der Waals surface area contributed by atoms with E-state index in [0.29, 0.717) is 28.3 Å². The van der Waals surface area contributed by atoms with Gasteiger partial charge in [0.1, 0.15) is 11.9 Å². The molecule has 0 amide bonds. The first-order valence-corrected chi connectivity index (χ1v) is 7.64. The lowest BCUT2D eigenvalue weighted by Crippen LogP contribution is -1.98. The number of rotatable bonds is 2. The topological polar surface area (TPSA) is 66.9 Å². The van der Waals surface area contributed by atoms with E-state index in [0.717, 1.165) is 11.1 Å². The Kier molecular flexibility index (Phi) is 3.47. The summed E-state index contributed by atoms with van der Waals surface area (Å²) in [6.45, 7) is 1.72. The predicted octanol–water partition coefficient (Wildman–Crippen LogP) is 3.78. The molecule has 0 aliphatic rings. The Morgan fingerprint density at radius 1 is 1.12 bits per heavy atom. The maximum atomic E-state index is 13.6. The highest BCUT2D eigenvalue weighted by Gasteiger charge is 2.13. The zero-order valence-corrected chi connectivity index (χ0v) is 13.3. The number of aryl methyl sites for hydroxylation is 1. The van der Waals surface area contributed by atoms with E-state index in [-0.39, 0.29) is 5.82 Å². The molecule has 0 fully saturated rings. The van der Waals surface area contributed by atoms with E-state index in [1.54, 1.807) is 31.3 Å². The number of aromatic nitrogens is 4. The van der Waals surface area contributed by atoms with Crippen LogP contribution in [0.4, 0.5) is 4.39 Å². The van der Waals surface area contributed by atoms with Gasteiger partial charge in [-0.05, 0) is 55.0 Å². The van der Waals surface area contributed by atoms with Crippen molar-refractivity contribution in [2.45, 2.75) is 6.92 Å². The molecule has 0 spiro atoms. The first-order valence-electron chi connectivity index (χ1n) is 7.64. The number of benzene rings is 1. The molecule has 120 valence electrons. The van der Waals surface area contributed by atoms with Gasteiger partial charge in [-0.15, -0.1) is 0 Å². The summed E-state index contributed by atoms with van der Waals surface area (Å²) in [5.41, 5.74) is 4.49. The highest BCUT2D eigenvalue weighted by molar-refractivity contribution is 5.79. The van der Waals surface area contributed by atoms with Crippen LogP contribution in [-0.4, -0.2) is 19.6 Å². The minimum absolute atomic E-state index is 0.252. The second kappa shape index (κ2) is 5.80. The van der Waals surface area contributed by atoms with Crippen LogP contribution in [-0.2, 0) is 0 Å². The van der Waals surface area contributed by atoms with Gasteiger partial charge in [-0.3, -0.25) is 4.98 Å². The van der Waals surface area contributed by atoms with Crippen LogP contribution in [0.1, 0.15) is 11.3 Å². The molecule has 0 N–H and O–H groups in total. The van der Waals surface area contributed by atoms with Crippen LogP contribution in [0.2, 0.25) is 0 Å². The summed E-state index contributed by atoms with van der Waals surface area (Å²) in [7, 11) is 0. The average Bonchev–Trinajstić information content (AvgIpc) is 3.06. The molecule has 3 aromatic heterocycles. The molecule has 25 heavy (non-hydrogen) atoms. The van der Waals surface area contributed by atoms with E-state index in [2.05, 4.69) is 21.1 Å². The van der Waals surface area contributed by atoms with Crippen molar-refractivity contribution in [1.29, 1.82) is 5.26 Å². The van der Waals surface area contributed by atoms with Gasteiger partial charge in [0, 0.05) is 17.3 Å². The fourth-order valence-corrected chi connectivity index (χ4v) is 2.73. The second-order valence-corrected chi connectivity index (χ2v) is 5.61. The van der Waals surface area contributed by atoms with Crippen molar-refractivity contribution in [2.24, 2.45) is 0 Å². The van der Waals surface area contributed by atoms with E-state index >= 15 is 0 Å². The molecule has 0 saturated carbocycles. The SMILES string of the molecule is Cc1cc(-c2ncccc2-c2ccc3ncc(C#N)n3n2)ccc1F. The van der Waals surface area contributed by atoms with Gasteiger partial charge in [0.15, 0.2) is 11.3 Å². The summed E-state index contributed by atoms with van der Waals surface area (Å²) < 4.78 is 15.1. The number of nitrogens with zero attached hydrogens (tertiary/aromatic N) is 5. The molecule has 0 atom stereocenters. The number of hydrogen-bond donors (Lipinski definition) is 0. The summed E-state index contributed by atoms with van der Waals surface area (Å²) in [4.78, 5) is 8.60. The molecule has 3 heterocycles. The molecule has 1 aromatic carbocycles. The molecule has 4 rings (SSSR count). The van der Waals surface area contributed by atoms with E-state index in [9.17, 15) is 9.65 Å². The lowest BCUT2D eigenvalue weighted by atomic mass is 10.0. The largest absolute Gasteiger partial charge is 0.256 e. The molecule has 0 aliphatic carbocycles. The predicted molar refractivity (Wildman–Crippen MR) is 91.1 cm³/mol. The van der Waals surface area contributed by atoms with Crippen LogP contribution in [0.25, 0.3) is 28.2 Å². The van der Waals surface area contributed by atoms with Gasteiger partial charge >= 0.3 is 0 Å². The van der Waals surface area contributed by atoms with Crippen molar-refractivity contribution in [1.82, 2.24) is 19.6 Å². The third-order valence-corrected chi connectivity index (χ3v) is 3.99. The van der Waals surface area contributed by atoms with Gasteiger partial charge in [0.25, 0.3) is 0 Å². The molecule has 6 heteroatoms. The first kappa shape index (κ1) is 15.0. The number of nitriles is 1. The third-order valence-electron chi connectivity index (χ3n) is 3.99. The van der Waals surface area contributed by atoms with Gasteiger partial charge in [-0.25, -0.2) is 13.9 Å². The Morgan fingerprint density at radius 3 is 2.80 bits per heavy atom. The molecular weight excluding hydrogens is 317 g/mol. The Hall–Kier alpha value is -3.59. The van der Waals surface area contributed by atoms with Crippen LogP contribution >= 0.6 is 0 Å². The molecule has 5 nitrogen and oxygen atoms in total. The fourth-order valence-electron chi connectivity index (χ4n) is 2.73. The number of halogens is 1. The van der Waals surface area contributed by atoms with E-state index in [1.807, 2.05) is 18.2 Å². The van der Waals surface area contributed by atoms with Crippen molar-refractivity contribution in [3.63, 3.8) is 0 Å². The van der Waals surface area contributed by atoms with E-state index < -0.39 is 0 Å². The van der Waals surface area contributed by atoms with Crippen molar-refractivity contribution in [2.75, 3.05) is 0 Å². The number of pyridine rings is 1. The zero-order valence-electron chi connectivity index (χ0n) is 13.3. The molecule has 4 aromatic rings. The van der Waals surface area contributed by atoms with Crippen LogP contribution in [0.15, 0.2) is 54.9 Å². The highest BCUT2D eigenvalue weighted by Crippen LogP contribution is 2.30. The quantitative estimate of drug-likeness (QED) is 0.561. The number of hydrogen-bond acceptors (Lipinski definition) is 4. The smallest absolute Gasteiger partial charge is 0.162 e. The van der Waals surface area contributed by atoms with Gasteiger partial charge in [-0.1, -0.05) is 0 Å². The lowest BCUT2D eigenvalue weighted by molar-refractivity contribution is 0.619. The summed E-state index contributed by atoms with van der Waals surface area (Å²) in [6, 6.07) is 14.3. The Labute approximate surface area is 143 Å². The minimum atomic E-state index is -0.252. The van der Waals surface area contributed by atoms with E-state index in [1.165, 1.54) is 16.8 Å². The van der Waals surface area contributed by atoms with Gasteiger partial charge in [0.05, 0.1) is 17.6 Å². The van der Waals surface area contributed by atoms with Gasteiger partial charge in [-0.2, -0.15) is 10.4 Å². The Bertz CT molecular complexity index is 1140.